The van der Waals surface area contributed by atoms with Gasteiger partial charge >= 0.3 is 0 Å². The minimum absolute atomic E-state index is 0.280. The molecule has 0 aromatic heterocycles. The predicted octanol–water partition coefficient (Wildman–Crippen LogP) is 2.24. The van der Waals surface area contributed by atoms with E-state index in [2.05, 4.69) is 48.5 Å². The molecule has 0 amide bonds. The molecular weight excluding hydrogens is 228 g/mol. The minimum atomic E-state index is 0.280. The molecule has 3 heteroatoms. The topological polar surface area (TPSA) is 29.3 Å². The first-order valence-electron chi connectivity index (χ1n) is 6.19. The van der Waals surface area contributed by atoms with E-state index in [0.717, 1.165) is 25.9 Å². The summed E-state index contributed by atoms with van der Waals surface area (Å²) >= 11 is 1.88. The Bertz CT molecular complexity index is 290. The lowest BCUT2D eigenvalue weighted by Gasteiger charge is -2.20. The monoisotopic (exact) mass is 252 g/mol. The lowest BCUT2D eigenvalue weighted by Crippen LogP contribution is -2.36. The standard InChI is InChI=1S/C14H24N2S/c1-16(10-11-17-2)12-14(15)9-8-13-6-4-3-5-7-13/h3-7,14H,8-12,15H2,1-2H3. The highest BCUT2D eigenvalue weighted by Crippen LogP contribution is 2.05. The van der Waals surface area contributed by atoms with Crippen LogP contribution in [0.5, 0.6) is 0 Å². The highest BCUT2D eigenvalue weighted by Gasteiger charge is 2.06. The summed E-state index contributed by atoms with van der Waals surface area (Å²) in [6, 6.07) is 10.9. The van der Waals surface area contributed by atoms with Gasteiger partial charge in [0.05, 0.1) is 0 Å². The van der Waals surface area contributed by atoms with Gasteiger partial charge in [-0.3, -0.25) is 0 Å². The molecule has 0 saturated heterocycles. The van der Waals surface area contributed by atoms with Crippen LogP contribution in [0.2, 0.25) is 0 Å². The van der Waals surface area contributed by atoms with Crippen LogP contribution in [-0.2, 0) is 6.42 Å². The zero-order chi connectivity index (χ0) is 12.5. The quantitative estimate of drug-likeness (QED) is 0.769. The molecule has 0 fully saturated rings. The lowest BCUT2D eigenvalue weighted by molar-refractivity contribution is 0.322. The second kappa shape index (κ2) is 8.56. The second-order valence-corrected chi connectivity index (χ2v) is 5.52. The first-order chi connectivity index (χ1) is 8.22. The Morgan fingerprint density at radius 3 is 2.65 bits per heavy atom. The lowest BCUT2D eigenvalue weighted by atomic mass is 10.1. The van der Waals surface area contributed by atoms with E-state index in [4.69, 9.17) is 5.73 Å². The summed E-state index contributed by atoms with van der Waals surface area (Å²) in [5, 5.41) is 0. The third-order valence-corrected chi connectivity index (χ3v) is 3.46. The number of nitrogens with zero attached hydrogens (tertiary/aromatic N) is 1. The van der Waals surface area contributed by atoms with Crippen LogP contribution in [-0.4, -0.2) is 43.1 Å². The molecule has 1 aromatic carbocycles. The van der Waals surface area contributed by atoms with Gasteiger partial charge in [0, 0.05) is 24.9 Å². The van der Waals surface area contributed by atoms with Gasteiger partial charge in [-0.1, -0.05) is 30.3 Å². The van der Waals surface area contributed by atoms with Crippen LogP contribution in [0.3, 0.4) is 0 Å². The van der Waals surface area contributed by atoms with E-state index in [1.165, 1.54) is 11.3 Å². The fourth-order valence-corrected chi connectivity index (χ4v) is 2.32. The molecule has 0 aliphatic heterocycles. The number of rotatable bonds is 8. The minimum Gasteiger partial charge on any atom is -0.327 e. The van der Waals surface area contributed by atoms with Crippen molar-refractivity contribution in [2.45, 2.75) is 18.9 Å². The smallest absolute Gasteiger partial charge is 0.0170 e. The Balaban J connectivity index is 2.19. The number of likely N-dealkylation sites (N-methyl/N-ethyl adjacent to an activating group) is 1. The summed E-state index contributed by atoms with van der Waals surface area (Å²) in [5.74, 6) is 1.18. The maximum Gasteiger partial charge on any atom is 0.0170 e. The van der Waals surface area contributed by atoms with Gasteiger partial charge in [-0.25, -0.2) is 0 Å². The van der Waals surface area contributed by atoms with E-state index in [1.807, 2.05) is 11.8 Å². The zero-order valence-electron chi connectivity index (χ0n) is 10.9. The van der Waals surface area contributed by atoms with E-state index in [0.29, 0.717) is 0 Å². The van der Waals surface area contributed by atoms with Crippen LogP contribution in [0.1, 0.15) is 12.0 Å². The first-order valence-corrected chi connectivity index (χ1v) is 7.58. The summed E-state index contributed by atoms with van der Waals surface area (Å²) in [4.78, 5) is 2.33. The van der Waals surface area contributed by atoms with Crippen molar-refractivity contribution >= 4 is 11.8 Å². The molecule has 1 atom stereocenters. The van der Waals surface area contributed by atoms with Crippen molar-refractivity contribution < 1.29 is 0 Å². The highest BCUT2D eigenvalue weighted by molar-refractivity contribution is 7.98. The normalized spacial score (nSPS) is 12.9. The summed E-state index contributed by atoms with van der Waals surface area (Å²) in [6.07, 6.45) is 4.29. The molecule has 1 aromatic rings. The number of hydrogen-bond donors (Lipinski definition) is 1. The van der Waals surface area contributed by atoms with Crippen molar-refractivity contribution in [2.75, 3.05) is 32.1 Å². The Morgan fingerprint density at radius 1 is 1.29 bits per heavy atom. The predicted molar refractivity (Wildman–Crippen MR) is 78.6 cm³/mol. The molecule has 1 rings (SSSR count). The fourth-order valence-electron chi connectivity index (χ4n) is 1.83. The molecule has 2 N–H and O–H groups in total. The molecule has 17 heavy (non-hydrogen) atoms. The van der Waals surface area contributed by atoms with Crippen LogP contribution in [0, 0.1) is 0 Å². The third kappa shape index (κ3) is 6.71. The number of nitrogens with two attached hydrogens (primary N) is 1. The highest BCUT2D eigenvalue weighted by atomic mass is 32.2. The molecule has 0 heterocycles. The summed E-state index contributed by atoms with van der Waals surface area (Å²) in [6.45, 7) is 2.12. The fraction of sp³-hybridized carbons (Fsp3) is 0.571. The molecule has 1 unspecified atom stereocenters. The molecule has 0 aliphatic carbocycles. The van der Waals surface area contributed by atoms with Gasteiger partial charge < -0.3 is 10.6 Å². The van der Waals surface area contributed by atoms with Gasteiger partial charge in [-0.2, -0.15) is 11.8 Å². The average Bonchev–Trinajstić information content (AvgIpc) is 2.35. The zero-order valence-corrected chi connectivity index (χ0v) is 11.7. The maximum atomic E-state index is 6.15. The van der Waals surface area contributed by atoms with E-state index in [9.17, 15) is 0 Å². The molecular formula is C14H24N2S. The Morgan fingerprint density at radius 2 is 2.00 bits per heavy atom. The van der Waals surface area contributed by atoms with E-state index in [-0.39, 0.29) is 6.04 Å². The molecule has 2 nitrogen and oxygen atoms in total. The van der Waals surface area contributed by atoms with Gasteiger partial charge in [-0.15, -0.1) is 0 Å². The van der Waals surface area contributed by atoms with E-state index >= 15 is 0 Å². The van der Waals surface area contributed by atoms with Crippen LogP contribution in [0.25, 0.3) is 0 Å². The molecule has 0 bridgehead atoms. The van der Waals surface area contributed by atoms with E-state index in [1.54, 1.807) is 0 Å². The van der Waals surface area contributed by atoms with Crippen LogP contribution in [0.15, 0.2) is 30.3 Å². The van der Waals surface area contributed by atoms with Crippen molar-refractivity contribution in [1.82, 2.24) is 4.90 Å². The van der Waals surface area contributed by atoms with Gasteiger partial charge in [-0.05, 0) is 31.7 Å². The summed E-state index contributed by atoms with van der Waals surface area (Å²) in [7, 11) is 2.15. The summed E-state index contributed by atoms with van der Waals surface area (Å²) < 4.78 is 0. The number of aryl methyl sites for hydroxylation is 1. The molecule has 96 valence electrons. The van der Waals surface area contributed by atoms with Crippen LogP contribution in [0.4, 0.5) is 0 Å². The van der Waals surface area contributed by atoms with Gasteiger partial charge in [0.15, 0.2) is 0 Å². The SMILES string of the molecule is CSCCN(C)CC(N)CCc1ccccc1. The van der Waals surface area contributed by atoms with Gasteiger partial charge in [0.25, 0.3) is 0 Å². The van der Waals surface area contributed by atoms with E-state index < -0.39 is 0 Å². The van der Waals surface area contributed by atoms with Crippen molar-refractivity contribution in [3.63, 3.8) is 0 Å². The van der Waals surface area contributed by atoms with Crippen LogP contribution < -0.4 is 5.73 Å². The van der Waals surface area contributed by atoms with Crippen molar-refractivity contribution in [2.24, 2.45) is 5.73 Å². The number of hydrogen-bond acceptors (Lipinski definition) is 3. The third-order valence-electron chi connectivity index (χ3n) is 2.87. The maximum absolute atomic E-state index is 6.15. The Labute approximate surface area is 110 Å². The largest absolute Gasteiger partial charge is 0.327 e. The Hall–Kier alpha value is -0.510. The van der Waals surface area contributed by atoms with Crippen molar-refractivity contribution in [3.8, 4) is 0 Å². The second-order valence-electron chi connectivity index (χ2n) is 4.54. The van der Waals surface area contributed by atoms with Crippen LogP contribution >= 0.6 is 11.8 Å². The number of benzene rings is 1. The molecule has 0 saturated carbocycles. The van der Waals surface area contributed by atoms with Crippen molar-refractivity contribution in [3.05, 3.63) is 35.9 Å². The Kier molecular flexibility index (Phi) is 7.33. The number of thioether (sulfide) groups is 1. The summed E-state index contributed by atoms with van der Waals surface area (Å²) in [5.41, 5.74) is 7.53. The van der Waals surface area contributed by atoms with Crippen molar-refractivity contribution in [1.29, 1.82) is 0 Å². The molecule has 0 aliphatic rings. The molecule has 0 radical (unpaired) electrons. The van der Waals surface area contributed by atoms with Gasteiger partial charge in [0.2, 0.25) is 0 Å². The van der Waals surface area contributed by atoms with Gasteiger partial charge in [0.1, 0.15) is 0 Å². The molecule has 0 spiro atoms. The average molecular weight is 252 g/mol. The first kappa shape index (κ1) is 14.6.